The first kappa shape index (κ1) is 21.0. The Hall–Kier alpha value is -2.92. The summed E-state index contributed by atoms with van der Waals surface area (Å²) in [7, 11) is 3.72. The molecule has 10 heteroatoms. The Balaban J connectivity index is 1.47. The molecule has 0 aliphatic carbocycles. The van der Waals surface area contributed by atoms with Crippen molar-refractivity contribution in [2.24, 2.45) is 4.99 Å². The van der Waals surface area contributed by atoms with Gasteiger partial charge in [0.2, 0.25) is 5.96 Å². The van der Waals surface area contributed by atoms with E-state index in [0.29, 0.717) is 5.96 Å². The first-order valence-electron chi connectivity index (χ1n) is 9.75. The Bertz CT molecular complexity index is 1450. The number of nitrogens with one attached hydrogen (secondary N) is 1. The van der Waals surface area contributed by atoms with Crippen LogP contribution >= 0.6 is 46.2 Å². The van der Waals surface area contributed by atoms with Crippen LogP contribution in [0, 0.1) is 3.95 Å². The second-order valence-corrected chi connectivity index (χ2v) is 10.4. The predicted molar refractivity (Wildman–Crippen MR) is 138 cm³/mol. The SMILES string of the molecule is CN=C(Nn1c(-c2ccccc2)csc1=S)N(C)c1n[n+]2c(-c3ccccc3)csc2s1. The Morgan fingerprint density at radius 1 is 1.03 bits per heavy atom. The molecule has 0 spiro atoms. The predicted octanol–water partition coefficient (Wildman–Crippen LogP) is 5.54. The van der Waals surface area contributed by atoms with Gasteiger partial charge in [0.1, 0.15) is 0 Å². The summed E-state index contributed by atoms with van der Waals surface area (Å²) in [6.07, 6.45) is 0. The van der Waals surface area contributed by atoms with Crippen LogP contribution in [0.25, 0.3) is 26.7 Å². The number of nitrogens with zero attached hydrogens (tertiary/aromatic N) is 5. The van der Waals surface area contributed by atoms with Gasteiger partial charge in [0.25, 0.3) is 10.8 Å². The minimum Gasteiger partial charge on any atom is -0.285 e. The zero-order chi connectivity index (χ0) is 22.1. The lowest BCUT2D eigenvalue weighted by Crippen LogP contribution is -2.38. The van der Waals surface area contributed by atoms with Crippen LogP contribution in [0.15, 0.2) is 76.4 Å². The summed E-state index contributed by atoms with van der Waals surface area (Å²) in [6.45, 7) is 0. The van der Waals surface area contributed by atoms with Gasteiger partial charge in [-0.2, -0.15) is 0 Å². The summed E-state index contributed by atoms with van der Waals surface area (Å²) >= 11 is 10.4. The van der Waals surface area contributed by atoms with Gasteiger partial charge in [-0.25, -0.2) is 4.68 Å². The Morgan fingerprint density at radius 2 is 1.72 bits per heavy atom. The van der Waals surface area contributed by atoms with E-state index < -0.39 is 0 Å². The van der Waals surface area contributed by atoms with E-state index >= 15 is 0 Å². The zero-order valence-electron chi connectivity index (χ0n) is 17.3. The second-order valence-electron chi connectivity index (χ2n) is 6.86. The highest BCUT2D eigenvalue weighted by Gasteiger charge is 2.25. The van der Waals surface area contributed by atoms with Crippen molar-refractivity contribution in [1.29, 1.82) is 0 Å². The second kappa shape index (κ2) is 8.91. The van der Waals surface area contributed by atoms with Crippen molar-refractivity contribution in [2.75, 3.05) is 24.4 Å². The molecule has 0 fully saturated rings. The highest BCUT2D eigenvalue weighted by atomic mass is 32.2. The third-order valence-corrected chi connectivity index (χ3v) is 8.24. The number of benzene rings is 2. The number of hydrogen-bond donors (Lipinski definition) is 1. The number of aliphatic imine (C=N–C) groups is 1. The van der Waals surface area contributed by atoms with Gasteiger partial charge in [-0.1, -0.05) is 59.9 Å². The average molecular weight is 496 g/mol. The molecule has 3 aromatic heterocycles. The minimum atomic E-state index is 0.653. The summed E-state index contributed by atoms with van der Waals surface area (Å²) in [5, 5.41) is 9.90. The molecule has 0 saturated carbocycles. The van der Waals surface area contributed by atoms with Gasteiger partial charge in [0.05, 0.1) is 16.6 Å². The molecule has 160 valence electrons. The first-order valence-corrected chi connectivity index (χ1v) is 12.7. The molecule has 0 saturated heterocycles. The van der Waals surface area contributed by atoms with E-state index in [1.807, 2.05) is 57.5 Å². The lowest BCUT2D eigenvalue weighted by Gasteiger charge is -2.19. The Morgan fingerprint density at radius 3 is 2.41 bits per heavy atom. The molecule has 3 heterocycles. The van der Waals surface area contributed by atoms with Crippen LogP contribution in [0.1, 0.15) is 0 Å². The molecule has 1 N–H and O–H groups in total. The maximum atomic E-state index is 5.58. The number of aromatic nitrogens is 3. The summed E-state index contributed by atoms with van der Waals surface area (Å²) in [4.78, 5) is 6.43. The highest BCUT2D eigenvalue weighted by molar-refractivity contribution is 7.73. The van der Waals surface area contributed by atoms with Crippen molar-refractivity contribution >= 4 is 61.5 Å². The lowest BCUT2D eigenvalue weighted by atomic mass is 10.2. The number of anilines is 1. The van der Waals surface area contributed by atoms with Crippen molar-refractivity contribution in [1.82, 2.24) is 9.77 Å². The molecule has 0 amide bonds. The summed E-state index contributed by atoms with van der Waals surface area (Å²) < 4.78 is 5.72. The van der Waals surface area contributed by atoms with E-state index in [4.69, 9.17) is 17.3 Å². The van der Waals surface area contributed by atoms with Gasteiger partial charge < -0.3 is 0 Å². The largest absolute Gasteiger partial charge is 0.354 e. The summed E-state index contributed by atoms with van der Waals surface area (Å²) in [5.74, 6) is 0.653. The maximum absolute atomic E-state index is 5.58. The van der Waals surface area contributed by atoms with Crippen LogP contribution in [-0.2, 0) is 0 Å². The van der Waals surface area contributed by atoms with Crippen molar-refractivity contribution in [3.8, 4) is 22.5 Å². The fourth-order valence-electron chi connectivity index (χ4n) is 3.27. The molecular weight excluding hydrogens is 477 g/mol. The smallest absolute Gasteiger partial charge is 0.285 e. The van der Waals surface area contributed by atoms with Crippen molar-refractivity contribution in [3.05, 3.63) is 75.4 Å². The molecule has 5 rings (SSSR count). The van der Waals surface area contributed by atoms with Gasteiger partial charge in [-0.05, 0) is 40.2 Å². The standard InChI is InChI=1S/C22H19N6S4/c1-23-19(24-27-17(13-30-21(27)29)15-9-5-3-6-10-15)26(2)20-25-28-18(14-31-22(28)32-20)16-11-7-4-8-12-16/h3-14H,1-2H3,(H,23,24)/q+1. The molecule has 0 radical (unpaired) electrons. The fourth-order valence-corrected chi connectivity index (χ4v) is 6.24. The van der Waals surface area contributed by atoms with E-state index in [1.54, 1.807) is 29.7 Å². The van der Waals surface area contributed by atoms with Gasteiger partial charge >= 0.3 is 4.14 Å². The fraction of sp³-hybridized carbons (Fsp3) is 0.0909. The molecule has 0 atom stereocenters. The average Bonchev–Trinajstić information content (AvgIpc) is 3.52. The van der Waals surface area contributed by atoms with Crippen molar-refractivity contribution in [3.63, 3.8) is 0 Å². The highest BCUT2D eigenvalue weighted by Crippen LogP contribution is 2.28. The molecular formula is C22H19N6S4+. The van der Waals surface area contributed by atoms with Crippen LogP contribution < -0.4 is 14.8 Å². The Labute approximate surface area is 202 Å². The number of hydrogen-bond acceptors (Lipinski definition) is 6. The third kappa shape index (κ3) is 3.86. The molecule has 5 aromatic rings. The van der Waals surface area contributed by atoms with Crippen LogP contribution in [0.2, 0.25) is 0 Å². The van der Waals surface area contributed by atoms with E-state index in [-0.39, 0.29) is 0 Å². The monoisotopic (exact) mass is 495 g/mol. The lowest BCUT2D eigenvalue weighted by molar-refractivity contribution is -0.559. The molecule has 0 aliphatic rings. The third-order valence-electron chi connectivity index (χ3n) is 4.90. The van der Waals surface area contributed by atoms with Gasteiger partial charge in [0.15, 0.2) is 3.95 Å². The van der Waals surface area contributed by atoms with Crippen LogP contribution in [0.4, 0.5) is 5.13 Å². The molecule has 0 unspecified atom stereocenters. The zero-order valence-corrected chi connectivity index (χ0v) is 20.6. The minimum absolute atomic E-state index is 0.653. The molecule has 6 nitrogen and oxygen atoms in total. The van der Waals surface area contributed by atoms with Crippen LogP contribution in [-0.4, -0.2) is 29.8 Å². The molecule has 0 bridgehead atoms. The number of thiazole rings is 2. The summed E-state index contributed by atoms with van der Waals surface area (Å²) in [6, 6.07) is 20.5. The van der Waals surface area contributed by atoms with E-state index in [2.05, 4.69) is 45.4 Å². The van der Waals surface area contributed by atoms with Crippen LogP contribution in [0.5, 0.6) is 0 Å². The number of guanidine groups is 1. The normalized spacial score (nSPS) is 11.8. The Kier molecular flexibility index (Phi) is 5.83. The number of rotatable bonds is 4. The molecule has 2 aromatic carbocycles. The first-order chi connectivity index (χ1) is 15.7. The quantitative estimate of drug-likeness (QED) is 0.154. The summed E-state index contributed by atoms with van der Waals surface area (Å²) in [5.41, 5.74) is 7.69. The topological polar surface area (TPSA) is 49.6 Å². The van der Waals surface area contributed by atoms with Gasteiger partial charge in [0, 0.05) is 30.1 Å². The van der Waals surface area contributed by atoms with Gasteiger partial charge in [-0.15, -0.1) is 11.3 Å². The molecule has 0 aliphatic heterocycles. The van der Waals surface area contributed by atoms with Gasteiger partial charge in [-0.3, -0.25) is 15.3 Å². The van der Waals surface area contributed by atoms with Crippen LogP contribution in [0.3, 0.4) is 0 Å². The van der Waals surface area contributed by atoms with E-state index in [0.717, 1.165) is 35.7 Å². The number of fused-ring (bicyclic) bond motifs is 1. The van der Waals surface area contributed by atoms with E-state index in [9.17, 15) is 0 Å². The molecule has 32 heavy (non-hydrogen) atoms. The van der Waals surface area contributed by atoms with E-state index in [1.165, 1.54) is 11.3 Å². The van der Waals surface area contributed by atoms with Crippen molar-refractivity contribution in [2.45, 2.75) is 0 Å². The maximum Gasteiger partial charge on any atom is 0.354 e. The van der Waals surface area contributed by atoms with Crippen molar-refractivity contribution < 1.29 is 4.52 Å².